The Morgan fingerprint density at radius 2 is 1.83 bits per heavy atom. The lowest BCUT2D eigenvalue weighted by Gasteiger charge is -2.31. The van der Waals surface area contributed by atoms with Gasteiger partial charge in [-0.15, -0.1) is 0 Å². The molecule has 3 heterocycles. The zero-order chi connectivity index (χ0) is 21.3. The number of aryl methyl sites for hydroxylation is 1. The van der Waals surface area contributed by atoms with Crippen molar-refractivity contribution in [1.29, 1.82) is 0 Å². The van der Waals surface area contributed by atoms with Crippen LogP contribution in [0.2, 0.25) is 0 Å². The smallest absolute Gasteiger partial charge is 0.270 e. The van der Waals surface area contributed by atoms with Crippen molar-refractivity contribution < 1.29 is 19.1 Å². The Morgan fingerprint density at radius 1 is 1.10 bits per heavy atom. The number of likely N-dealkylation sites (tertiary alicyclic amines) is 1. The van der Waals surface area contributed by atoms with Crippen molar-refractivity contribution >= 4 is 11.8 Å². The number of nitrogens with zero attached hydrogens (tertiary/aromatic N) is 1. The highest BCUT2D eigenvalue weighted by molar-refractivity contribution is 5.94. The minimum Gasteiger partial charge on any atom is -0.454 e. The number of rotatable bonds is 5. The molecule has 2 N–H and O–H groups in total. The lowest BCUT2D eigenvalue weighted by atomic mass is 9.93. The number of nitrogens with one attached hydrogen (secondary N) is 2. The van der Waals surface area contributed by atoms with Crippen LogP contribution in [0.3, 0.4) is 0 Å². The average Bonchev–Trinajstić information content (AvgIpc) is 3.32. The molecule has 7 nitrogen and oxygen atoms in total. The van der Waals surface area contributed by atoms with Gasteiger partial charge in [0, 0.05) is 31.7 Å². The highest BCUT2D eigenvalue weighted by atomic mass is 16.7. The van der Waals surface area contributed by atoms with E-state index in [9.17, 15) is 9.59 Å². The fourth-order valence-corrected chi connectivity index (χ4v) is 4.14. The number of carbonyl (C=O) groups excluding carboxylic acids is 2. The zero-order valence-electron chi connectivity index (χ0n) is 17.8. The summed E-state index contributed by atoms with van der Waals surface area (Å²) in [6.07, 6.45) is 2.19. The molecule has 0 atom stereocenters. The number of H-pyrrole nitrogens is 1. The summed E-state index contributed by atoms with van der Waals surface area (Å²) in [5.74, 6) is 1.88. The largest absolute Gasteiger partial charge is 0.454 e. The van der Waals surface area contributed by atoms with Crippen LogP contribution in [0.15, 0.2) is 18.2 Å². The third-order valence-corrected chi connectivity index (χ3v) is 6.33. The Morgan fingerprint density at radius 3 is 2.53 bits per heavy atom. The molecule has 160 valence electrons. The van der Waals surface area contributed by atoms with Gasteiger partial charge >= 0.3 is 0 Å². The lowest BCUT2D eigenvalue weighted by Crippen LogP contribution is -2.40. The van der Waals surface area contributed by atoms with Crippen LogP contribution in [0.1, 0.15) is 52.1 Å². The van der Waals surface area contributed by atoms with E-state index in [1.54, 1.807) is 0 Å². The van der Waals surface area contributed by atoms with E-state index in [-0.39, 0.29) is 18.6 Å². The third kappa shape index (κ3) is 4.15. The topological polar surface area (TPSA) is 83.7 Å². The molecule has 4 rings (SSSR count). The lowest BCUT2D eigenvalue weighted by molar-refractivity contribution is -0.122. The number of piperidine rings is 1. The van der Waals surface area contributed by atoms with Crippen molar-refractivity contribution in [2.45, 2.75) is 46.6 Å². The number of carbonyl (C=O) groups is 2. The average molecular weight is 412 g/mol. The highest BCUT2D eigenvalue weighted by Gasteiger charge is 2.27. The molecule has 1 fully saturated rings. The van der Waals surface area contributed by atoms with Gasteiger partial charge in [-0.1, -0.05) is 6.07 Å². The standard InChI is InChI=1S/C23H29N3O4/c1-14-15(2)22(25-16(14)3)23(28)26-8-6-17(7-9-26)11-21(27)24-12-18-4-5-19-20(10-18)30-13-29-19/h4-5,10,17,25H,6-9,11-13H2,1-3H3,(H,24,27). The number of hydrogen-bond acceptors (Lipinski definition) is 4. The van der Waals surface area contributed by atoms with Crippen LogP contribution in [0, 0.1) is 26.7 Å². The van der Waals surface area contributed by atoms with Crippen molar-refractivity contribution in [3.8, 4) is 11.5 Å². The summed E-state index contributed by atoms with van der Waals surface area (Å²) < 4.78 is 10.7. The van der Waals surface area contributed by atoms with E-state index in [1.807, 2.05) is 43.9 Å². The van der Waals surface area contributed by atoms with Crippen molar-refractivity contribution in [3.05, 3.63) is 46.3 Å². The molecule has 2 aromatic rings. The molecular weight excluding hydrogens is 382 g/mol. The van der Waals surface area contributed by atoms with E-state index in [2.05, 4.69) is 10.3 Å². The summed E-state index contributed by atoms with van der Waals surface area (Å²) >= 11 is 0. The molecule has 2 amide bonds. The molecule has 0 unspecified atom stereocenters. The fourth-order valence-electron chi connectivity index (χ4n) is 4.14. The third-order valence-electron chi connectivity index (χ3n) is 6.33. The SMILES string of the molecule is Cc1[nH]c(C(=O)N2CCC(CC(=O)NCc3ccc4c(c3)OCO4)CC2)c(C)c1C. The van der Waals surface area contributed by atoms with Crippen LogP contribution in [0.4, 0.5) is 0 Å². The molecule has 2 aliphatic heterocycles. The monoisotopic (exact) mass is 411 g/mol. The van der Waals surface area contributed by atoms with E-state index >= 15 is 0 Å². The maximum atomic E-state index is 12.9. The predicted octanol–water partition coefficient (Wildman–Crippen LogP) is 3.23. The molecule has 7 heteroatoms. The van der Waals surface area contributed by atoms with E-state index in [4.69, 9.17) is 9.47 Å². The zero-order valence-corrected chi connectivity index (χ0v) is 17.8. The predicted molar refractivity (Wildman–Crippen MR) is 113 cm³/mol. The molecule has 2 aliphatic rings. The molecule has 0 bridgehead atoms. The number of amides is 2. The summed E-state index contributed by atoms with van der Waals surface area (Å²) in [5.41, 5.74) is 4.91. The van der Waals surface area contributed by atoms with Gasteiger partial charge in [0.25, 0.3) is 5.91 Å². The summed E-state index contributed by atoms with van der Waals surface area (Å²) in [4.78, 5) is 30.4. The molecule has 1 aromatic heterocycles. The Bertz CT molecular complexity index is 958. The van der Waals surface area contributed by atoms with Gasteiger partial charge in [-0.05, 0) is 68.4 Å². The molecule has 0 spiro atoms. The Labute approximate surface area is 176 Å². The second kappa shape index (κ2) is 8.42. The number of benzene rings is 1. The molecule has 0 saturated carbocycles. The van der Waals surface area contributed by atoms with Crippen LogP contribution in [0.25, 0.3) is 0 Å². The van der Waals surface area contributed by atoms with Gasteiger partial charge in [0.15, 0.2) is 11.5 Å². The first-order chi connectivity index (χ1) is 14.4. The van der Waals surface area contributed by atoms with E-state index < -0.39 is 0 Å². The normalized spacial score (nSPS) is 16.0. The first kappa shape index (κ1) is 20.3. The van der Waals surface area contributed by atoms with Crippen molar-refractivity contribution in [1.82, 2.24) is 15.2 Å². The van der Waals surface area contributed by atoms with Gasteiger partial charge in [0.05, 0.1) is 0 Å². The van der Waals surface area contributed by atoms with Crippen molar-refractivity contribution in [2.75, 3.05) is 19.9 Å². The number of aromatic amines is 1. The molecular formula is C23H29N3O4. The summed E-state index contributed by atoms with van der Waals surface area (Å²) in [7, 11) is 0. The fraction of sp³-hybridized carbons (Fsp3) is 0.478. The second-order valence-corrected chi connectivity index (χ2v) is 8.28. The van der Waals surface area contributed by atoms with E-state index in [0.717, 1.165) is 46.7 Å². The highest BCUT2D eigenvalue weighted by Crippen LogP contribution is 2.32. The van der Waals surface area contributed by atoms with Gasteiger partial charge in [-0.2, -0.15) is 0 Å². The van der Waals surface area contributed by atoms with Gasteiger partial charge < -0.3 is 24.7 Å². The number of aromatic nitrogens is 1. The van der Waals surface area contributed by atoms with E-state index in [1.165, 1.54) is 0 Å². The van der Waals surface area contributed by atoms with Crippen LogP contribution in [-0.4, -0.2) is 41.6 Å². The second-order valence-electron chi connectivity index (χ2n) is 8.28. The van der Waals surface area contributed by atoms with Gasteiger partial charge in [-0.25, -0.2) is 0 Å². The molecule has 0 radical (unpaired) electrons. The van der Waals surface area contributed by atoms with Gasteiger partial charge in [0.2, 0.25) is 12.7 Å². The maximum Gasteiger partial charge on any atom is 0.270 e. The molecule has 0 aliphatic carbocycles. The number of hydrogen-bond donors (Lipinski definition) is 2. The van der Waals surface area contributed by atoms with Crippen LogP contribution in [0.5, 0.6) is 11.5 Å². The van der Waals surface area contributed by atoms with E-state index in [0.29, 0.717) is 37.7 Å². The quantitative estimate of drug-likeness (QED) is 0.791. The van der Waals surface area contributed by atoms with Crippen molar-refractivity contribution in [2.24, 2.45) is 5.92 Å². The maximum absolute atomic E-state index is 12.9. The summed E-state index contributed by atoms with van der Waals surface area (Å²) in [6, 6.07) is 5.70. The summed E-state index contributed by atoms with van der Waals surface area (Å²) in [6.45, 7) is 8.11. The first-order valence-electron chi connectivity index (χ1n) is 10.5. The Hall–Kier alpha value is -2.96. The number of ether oxygens (including phenoxy) is 2. The minimum atomic E-state index is 0.0453. The summed E-state index contributed by atoms with van der Waals surface area (Å²) in [5, 5.41) is 2.99. The van der Waals surface area contributed by atoms with Gasteiger partial charge in [-0.3, -0.25) is 9.59 Å². The van der Waals surface area contributed by atoms with Crippen LogP contribution < -0.4 is 14.8 Å². The molecule has 30 heavy (non-hydrogen) atoms. The van der Waals surface area contributed by atoms with Crippen molar-refractivity contribution in [3.63, 3.8) is 0 Å². The van der Waals surface area contributed by atoms with Gasteiger partial charge in [0.1, 0.15) is 5.69 Å². The number of fused-ring (bicyclic) bond motifs is 1. The molecule has 1 saturated heterocycles. The Balaban J connectivity index is 1.24. The minimum absolute atomic E-state index is 0.0453. The Kier molecular flexibility index (Phi) is 5.70. The first-order valence-corrected chi connectivity index (χ1v) is 10.5. The van der Waals surface area contributed by atoms with Crippen LogP contribution in [-0.2, 0) is 11.3 Å². The van der Waals surface area contributed by atoms with Crippen LogP contribution >= 0.6 is 0 Å². The molecule has 1 aromatic carbocycles.